The van der Waals surface area contributed by atoms with Crippen LogP contribution in [-0.4, -0.2) is 53.2 Å². The Morgan fingerprint density at radius 1 is 1.18 bits per heavy atom. The molecule has 0 aliphatic carbocycles. The number of carbonyl (C=O) groups is 1. The number of aryl methyl sites for hydroxylation is 1. The molecule has 0 saturated carbocycles. The third-order valence-corrected chi connectivity index (χ3v) is 5.33. The van der Waals surface area contributed by atoms with E-state index in [0.717, 1.165) is 55.9 Å². The maximum absolute atomic E-state index is 13.0. The number of imidazole rings is 1. The molecule has 6 nitrogen and oxygen atoms in total. The number of fused-ring (bicyclic) bond motifs is 1. The average molecular weight is 378 g/mol. The lowest BCUT2D eigenvalue weighted by Crippen LogP contribution is -2.39. The van der Waals surface area contributed by atoms with Crippen molar-refractivity contribution in [2.45, 2.75) is 12.5 Å². The quantitative estimate of drug-likeness (QED) is 0.717. The summed E-state index contributed by atoms with van der Waals surface area (Å²) in [5.74, 6) is -0.0663. The second kappa shape index (κ2) is 8.54. The van der Waals surface area contributed by atoms with Crippen molar-refractivity contribution in [2.24, 2.45) is 7.05 Å². The van der Waals surface area contributed by atoms with E-state index in [2.05, 4.69) is 27.3 Å². The summed E-state index contributed by atoms with van der Waals surface area (Å²) in [5, 5.41) is 3.23. The molecule has 1 unspecified atom stereocenters. The Hall–Kier alpha value is -2.70. The molecular formula is C22H26N4O2. The fourth-order valence-corrected chi connectivity index (χ4v) is 3.66. The van der Waals surface area contributed by atoms with E-state index in [1.54, 1.807) is 6.33 Å². The van der Waals surface area contributed by atoms with Crippen LogP contribution in [-0.2, 0) is 11.8 Å². The van der Waals surface area contributed by atoms with E-state index < -0.39 is 0 Å². The number of nitrogens with one attached hydrogen (secondary N) is 1. The predicted molar refractivity (Wildman–Crippen MR) is 109 cm³/mol. The van der Waals surface area contributed by atoms with Crippen molar-refractivity contribution in [1.82, 2.24) is 19.8 Å². The molecule has 1 aliphatic heterocycles. The number of ether oxygens (including phenoxy) is 1. The first-order chi connectivity index (χ1) is 13.7. The Labute approximate surface area is 165 Å². The van der Waals surface area contributed by atoms with Crippen LogP contribution in [0.1, 0.15) is 28.4 Å². The molecule has 1 saturated heterocycles. The normalized spacial score (nSPS) is 16.2. The summed E-state index contributed by atoms with van der Waals surface area (Å²) in [5.41, 5.74) is 3.62. The monoisotopic (exact) mass is 378 g/mol. The number of benzene rings is 2. The molecular weight excluding hydrogens is 352 g/mol. The Bertz CT molecular complexity index is 932. The highest BCUT2D eigenvalue weighted by Gasteiger charge is 2.19. The molecule has 0 bridgehead atoms. The number of nitrogens with zero attached hydrogens (tertiary/aromatic N) is 3. The van der Waals surface area contributed by atoms with Gasteiger partial charge in [-0.25, -0.2) is 4.98 Å². The number of amides is 1. The molecule has 0 spiro atoms. The van der Waals surface area contributed by atoms with Gasteiger partial charge in [-0.15, -0.1) is 0 Å². The van der Waals surface area contributed by atoms with Crippen LogP contribution in [0, 0.1) is 0 Å². The van der Waals surface area contributed by atoms with Gasteiger partial charge < -0.3 is 14.6 Å². The minimum atomic E-state index is -0.0663. The number of hydrogen-bond acceptors (Lipinski definition) is 4. The molecule has 6 heteroatoms. The molecule has 28 heavy (non-hydrogen) atoms. The minimum Gasteiger partial charge on any atom is -0.379 e. The molecule has 0 radical (unpaired) electrons. The zero-order valence-electron chi connectivity index (χ0n) is 16.2. The lowest BCUT2D eigenvalue weighted by atomic mass is 10.0. The molecule has 3 aromatic rings. The van der Waals surface area contributed by atoms with Crippen LogP contribution in [0.2, 0.25) is 0 Å². The Morgan fingerprint density at radius 3 is 2.75 bits per heavy atom. The van der Waals surface area contributed by atoms with Crippen LogP contribution in [0.3, 0.4) is 0 Å². The van der Waals surface area contributed by atoms with Gasteiger partial charge in [0.15, 0.2) is 0 Å². The first-order valence-electron chi connectivity index (χ1n) is 9.78. The molecule has 2 aromatic carbocycles. The van der Waals surface area contributed by atoms with E-state index in [0.29, 0.717) is 5.56 Å². The Morgan fingerprint density at radius 2 is 1.96 bits per heavy atom. The second-order valence-electron chi connectivity index (χ2n) is 7.24. The van der Waals surface area contributed by atoms with E-state index in [4.69, 9.17) is 4.74 Å². The molecule has 146 valence electrons. The van der Waals surface area contributed by atoms with E-state index in [1.807, 2.05) is 48.0 Å². The highest BCUT2D eigenvalue weighted by molar-refractivity contribution is 5.97. The third-order valence-electron chi connectivity index (χ3n) is 5.33. The topological polar surface area (TPSA) is 59.4 Å². The predicted octanol–water partition coefficient (Wildman–Crippen LogP) is 2.77. The lowest BCUT2D eigenvalue weighted by molar-refractivity contribution is 0.0360. The van der Waals surface area contributed by atoms with Gasteiger partial charge in [0.25, 0.3) is 5.91 Å². The van der Waals surface area contributed by atoms with E-state index >= 15 is 0 Å². The van der Waals surface area contributed by atoms with Gasteiger partial charge in [0, 0.05) is 32.2 Å². The summed E-state index contributed by atoms with van der Waals surface area (Å²) >= 11 is 0. The largest absolute Gasteiger partial charge is 0.379 e. The average Bonchev–Trinajstić information content (AvgIpc) is 3.12. The van der Waals surface area contributed by atoms with Crippen molar-refractivity contribution in [3.8, 4) is 0 Å². The Balaban J connectivity index is 1.49. The number of hydrogen-bond donors (Lipinski definition) is 1. The molecule has 1 amide bonds. The maximum atomic E-state index is 13.0. The fourth-order valence-electron chi connectivity index (χ4n) is 3.66. The van der Waals surface area contributed by atoms with Gasteiger partial charge in [-0.2, -0.15) is 0 Å². The highest BCUT2D eigenvalue weighted by atomic mass is 16.5. The molecule has 2 heterocycles. The number of morpholine rings is 1. The van der Waals surface area contributed by atoms with Crippen LogP contribution in [0.25, 0.3) is 11.0 Å². The van der Waals surface area contributed by atoms with Crippen LogP contribution < -0.4 is 5.32 Å². The smallest absolute Gasteiger partial charge is 0.251 e. The van der Waals surface area contributed by atoms with Crippen LogP contribution in [0.5, 0.6) is 0 Å². The van der Waals surface area contributed by atoms with E-state index in [-0.39, 0.29) is 11.9 Å². The van der Waals surface area contributed by atoms with Crippen molar-refractivity contribution in [2.75, 3.05) is 32.8 Å². The Kier molecular flexibility index (Phi) is 5.69. The zero-order valence-corrected chi connectivity index (χ0v) is 16.2. The summed E-state index contributed by atoms with van der Waals surface area (Å²) in [6.07, 6.45) is 2.63. The van der Waals surface area contributed by atoms with E-state index in [1.165, 1.54) is 0 Å². The third kappa shape index (κ3) is 4.24. The standard InChI is InChI=1S/C22H26N4O2/c1-25-16-23-20-15-18(7-8-21(20)25)22(27)24-19(17-5-3-2-4-6-17)9-10-26-11-13-28-14-12-26/h2-8,15-16,19H,9-14H2,1H3,(H,24,27). The first kappa shape index (κ1) is 18.7. The van der Waals surface area contributed by atoms with Gasteiger partial charge in [0.2, 0.25) is 0 Å². The highest BCUT2D eigenvalue weighted by Crippen LogP contribution is 2.20. The van der Waals surface area contributed by atoms with Gasteiger partial charge >= 0.3 is 0 Å². The SMILES string of the molecule is Cn1cnc2cc(C(=O)NC(CCN3CCOCC3)c3ccccc3)ccc21. The fraction of sp³-hybridized carbons (Fsp3) is 0.364. The van der Waals surface area contributed by atoms with Crippen LogP contribution >= 0.6 is 0 Å². The number of carbonyl (C=O) groups excluding carboxylic acids is 1. The van der Waals surface area contributed by atoms with Crippen molar-refractivity contribution in [3.05, 3.63) is 66.0 Å². The lowest BCUT2D eigenvalue weighted by Gasteiger charge is -2.28. The van der Waals surface area contributed by atoms with Gasteiger partial charge in [0.05, 0.1) is 36.6 Å². The van der Waals surface area contributed by atoms with Gasteiger partial charge in [-0.05, 0) is 30.2 Å². The van der Waals surface area contributed by atoms with Crippen molar-refractivity contribution < 1.29 is 9.53 Å². The maximum Gasteiger partial charge on any atom is 0.251 e. The van der Waals surface area contributed by atoms with Gasteiger partial charge in [-0.1, -0.05) is 30.3 Å². The van der Waals surface area contributed by atoms with Crippen LogP contribution in [0.4, 0.5) is 0 Å². The summed E-state index contributed by atoms with van der Waals surface area (Å²) in [6, 6.07) is 15.8. The van der Waals surface area contributed by atoms with Crippen molar-refractivity contribution >= 4 is 16.9 Å². The van der Waals surface area contributed by atoms with Gasteiger partial charge in [0.1, 0.15) is 0 Å². The molecule has 1 N–H and O–H groups in total. The van der Waals surface area contributed by atoms with Crippen LogP contribution in [0.15, 0.2) is 54.9 Å². The summed E-state index contributed by atoms with van der Waals surface area (Å²) in [7, 11) is 1.95. The number of rotatable bonds is 6. The minimum absolute atomic E-state index is 0.0315. The van der Waals surface area contributed by atoms with E-state index in [9.17, 15) is 4.79 Å². The van der Waals surface area contributed by atoms with Gasteiger partial charge in [-0.3, -0.25) is 9.69 Å². The molecule has 1 aromatic heterocycles. The second-order valence-corrected chi connectivity index (χ2v) is 7.24. The molecule has 4 rings (SSSR count). The molecule has 1 aliphatic rings. The molecule has 1 fully saturated rings. The first-order valence-corrected chi connectivity index (χ1v) is 9.78. The zero-order chi connectivity index (χ0) is 19.3. The summed E-state index contributed by atoms with van der Waals surface area (Å²) in [6.45, 7) is 4.40. The van der Waals surface area contributed by atoms with Crippen molar-refractivity contribution in [1.29, 1.82) is 0 Å². The summed E-state index contributed by atoms with van der Waals surface area (Å²) in [4.78, 5) is 19.7. The van der Waals surface area contributed by atoms with Crippen molar-refractivity contribution in [3.63, 3.8) is 0 Å². The summed E-state index contributed by atoms with van der Waals surface area (Å²) < 4.78 is 7.38. The number of aromatic nitrogens is 2. The molecule has 1 atom stereocenters.